The summed E-state index contributed by atoms with van der Waals surface area (Å²) in [5, 5.41) is 60.2. The first kappa shape index (κ1) is 63.4. The first-order valence-corrected chi connectivity index (χ1v) is 26.4. The summed E-state index contributed by atoms with van der Waals surface area (Å²) in [7, 11) is 0.154. The maximum Gasteiger partial charge on any atom is 0.305 e. The molecule has 1 saturated heterocycles. The van der Waals surface area contributed by atoms with Gasteiger partial charge in [0.25, 0.3) is 0 Å². The van der Waals surface area contributed by atoms with Crippen LogP contribution in [0.15, 0.2) is 0 Å². The molecule has 1 fully saturated rings. The number of carboxylic acids is 2. The van der Waals surface area contributed by atoms with Crippen LogP contribution in [0, 0.1) is 5.92 Å². The van der Waals surface area contributed by atoms with Crippen LogP contribution in [0.4, 0.5) is 0 Å². The van der Waals surface area contributed by atoms with Crippen molar-refractivity contribution in [3.63, 3.8) is 0 Å². The van der Waals surface area contributed by atoms with E-state index in [4.69, 9.17) is 11.5 Å². The molecule has 0 aromatic carbocycles. The predicted octanol–water partition coefficient (Wildman–Crippen LogP) is -6.48. The van der Waals surface area contributed by atoms with Crippen molar-refractivity contribution in [2.24, 2.45) is 17.4 Å². The number of amides is 10. The van der Waals surface area contributed by atoms with Crippen molar-refractivity contribution in [3.8, 4) is 0 Å². The Hall–Kier alpha value is -5.63. The van der Waals surface area contributed by atoms with Gasteiger partial charge in [-0.15, -0.1) is 0 Å². The van der Waals surface area contributed by atoms with E-state index in [9.17, 15) is 82.2 Å². The van der Waals surface area contributed by atoms with Gasteiger partial charge in [-0.3, -0.25) is 61.7 Å². The summed E-state index contributed by atoms with van der Waals surface area (Å²) in [6.45, 7) is 2.40. The lowest BCUT2D eigenvalue weighted by Crippen LogP contribution is -2.61. The van der Waals surface area contributed by atoms with E-state index in [1.165, 1.54) is 6.26 Å². The smallest absolute Gasteiger partial charge is 0.305 e. The minimum atomic E-state index is -1.95. The van der Waals surface area contributed by atoms with Crippen molar-refractivity contribution < 1.29 is 82.2 Å². The Morgan fingerprint density at radius 1 is 0.634 bits per heavy atom. The Labute approximate surface area is 419 Å². The molecule has 1 heterocycles. The van der Waals surface area contributed by atoms with Crippen LogP contribution in [0.5, 0.6) is 0 Å². The predicted molar refractivity (Wildman–Crippen MR) is 256 cm³/mol. The molecule has 1 aliphatic rings. The van der Waals surface area contributed by atoms with Crippen molar-refractivity contribution in [3.05, 3.63) is 0 Å². The zero-order chi connectivity index (χ0) is 54.0. The van der Waals surface area contributed by atoms with E-state index in [0.717, 1.165) is 28.5 Å². The van der Waals surface area contributed by atoms with Gasteiger partial charge in [-0.1, -0.05) is 35.4 Å². The number of nitrogens with two attached hydrogens (primary N) is 2. The Morgan fingerprint density at radius 2 is 1.07 bits per heavy atom. The van der Waals surface area contributed by atoms with Crippen LogP contribution < -0.4 is 59.3 Å². The molecule has 7 unspecified atom stereocenters. The average Bonchev–Trinajstić information content (AvgIpc) is 3.28. The van der Waals surface area contributed by atoms with E-state index in [1.807, 2.05) is 0 Å². The molecular formula is C40H67N11O17S3. The van der Waals surface area contributed by atoms with Crippen LogP contribution >= 0.6 is 21.6 Å². The molecular weight excluding hydrogens is 1000 g/mol. The van der Waals surface area contributed by atoms with Gasteiger partial charge >= 0.3 is 11.9 Å². The maximum absolute atomic E-state index is 13.9. The number of unbranched alkanes of at least 4 members (excludes halogenated alkanes) is 1. The van der Waals surface area contributed by atoms with Crippen LogP contribution in [0.3, 0.4) is 0 Å². The summed E-state index contributed by atoms with van der Waals surface area (Å²) in [4.78, 5) is 158. The van der Waals surface area contributed by atoms with E-state index in [2.05, 4.69) is 47.9 Å². The fourth-order valence-corrected chi connectivity index (χ4v) is 9.27. The van der Waals surface area contributed by atoms with Crippen LogP contribution in [-0.4, -0.2) is 193 Å². The van der Waals surface area contributed by atoms with Gasteiger partial charge in [0, 0.05) is 47.7 Å². The Morgan fingerprint density at radius 3 is 1.55 bits per heavy atom. The Kier molecular flexibility index (Phi) is 29.6. The highest BCUT2D eigenvalue weighted by molar-refractivity contribution is 8.76. The molecule has 1 rings (SSSR count). The molecule has 71 heavy (non-hydrogen) atoms. The van der Waals surface area contributed by atoms with E-state index >= 15 is 0 Å². The van der Waals surface area contributed by atoms with E-state index in [0.29, 0.717) is 6.42 Å². The molecule has 0 aromatic heterocycles. The quantitative estimate of drug-likeness (QED) is 0.0448. The second-order valence-corrected chi connectivity index (χ2v) is 20.7. The van der Waals surface area contributed by atoms with Gasteiger partial charge in [0.05, 0.1) is 19.6 Å². The molecule has 10 atom stereocenters. The number of primary amides is 1. The molecule has 0 aliphatic carbocycles. The number of aliphatic hydroxyl groups is 2. The number of hydrogen-bond donors (Lipinski definition) is 15. The first-order valence-electron chi connectivity index (χ1n) is 22.2. The van der Waals surface area contributed by atoms with Crippen molar-refractivity contribution in [1.82, 2.24) is 47.9 Å². The summed E-state index contributed by atoms with van der Waals surface area (Å²) in [6.07, 6.45) is -1.24. The maximum atomic E-state index is 13.9. The lowest BCUT2D eigenvalue weighted by Gasteiger charge is -2.28. The van der Waals surface area contributed by atoms with E-state index < -0.39 is 169 Å². The van der Waals surface area contributed by atoms with Crippen molar-refractivity contribution in [2.75, 3.05) is 43.3 Å². The van der Waals surface area contributed by atoms with Crippen LogP contribution in [-0.2, 0) is 68.3 Å². The van der Waals surface area contributed by atoms with Gasteiger partial charge in [-0.25, -0.2) is 0 Å². The third-order valence-corrected chi connectivity index (χ3v) is 13.3. The fraction of sp³-hybridized carbons (Fsp3) is 0.700. The number of rotatable bonds is 18. The summed E-state index contributed by atoms with van der Waals surface area (Å²) in [6, 6.07) is -14.9. The zero-order valence-electron chi connectivity index (χ0n) is 39.6. The fourth-order valence-electron chi connectivity index (χ4n) is 6.36. The number of nitrogens with one attached hydrogen (secondary N) is 9. The van der Waals surface area contributed by atoms with Crippen molar-refractivity contribution >= 4 is 103 Å². The largest absolute Gasteiger partial charge is 0.481 e. The van der Waals surface area contributed by atoms with Crippen molar-refractivity contribution in [2.45, 2.75) is 127 Å². The van der Waals surface area contributed by atoms with Crippen LogP contribution in [0.25, 0.3) is 0 Å². The third-order valence-electron chi connectivity index (χ3n) is 10.1. The SMILES string of the molecule is CC(=O)NC1CSSCC(C(N)=O)NC(=O)[C@H](CCC(=O)O)NC(=O)C(CCCCN)NC(=O)[C@H](CC(=O)O)NC(=O)C(CCS(C)=O)NC(=O)C(CC(C)C)NC(=O)C(CO)NC(=O)[C@H](CO)NC1=O. The number of carbonyl (C=O) groups excluding carboxylic acids is 10. The standard InChI is InChI=1S/C40H67N11O17S3/c1-19(2)13-24-36(63)46-23(10-12-71(4)68)35(62)48-25(14-31(57)58)37(64)44-21(7-5-6-11-41)33(60)45-22(8-9-30(55)56)34(61)51-28(32(42)59)17-69-70-18-29(43-20(3)54)40(67)50-27(16-53)39(66)49-26(15-52)38(65)47-24/h19,21-29,52-53H,5-18,41H2,1-4H3,(H2,42,59)(H,43,54)(H,44,64)(H,45,60)(H,46,63)(H,47,65)(H,48,62)(H,49,66)(H,50,67)(H,51,61)(H,55,56)(H,57,58)/t21?,22-,23?,24?,25-,26?,27-,28?,29?,71?/m0/s1. The van der Waals surface area contributed by atoms with Crippen molar-refractivity contribution in [1.29, 1.82) is 0 Å². The van der Waals surface area contributed by atoms with Gasteiger partial charge in [0.15, 0.2) is 0 Å². The summed E-state index contributed by atoms with van der Waals surface area (Å²) in [5.74, 6) is -14.9. The molecule has 10 amide bonds. The monoisotopic (exact) mass is 1070 g/mol. The summed E-state index contributed by atoms with van der Waals surface area (Å²) < 4.78 is 12.2. The van der Waals surface area contributed by atoms with Gasteiger partial charge < -0.3 is 79.7 Å². The molecule has 31 heteroatoms. The van der Waals surface area contributed by atoms with E-state index in [-0.39, 0.29) is 55.4 Å². The molecule has 17 N–H and O–H groups in total. The highest BCUT2D eigenvalue weighted by Gasteiger charge is 2.36. The first-order chi connectivity index (χ1) is 33.3. The highest BCUT2D eigenvalue weighted by Crippen LogP contribution is 2.23. The molecule has 402 valence electrons. The lowest BCUT2D eigenvalue weighted by atomic mass is 10.0. The molecule has 0 bridgehead atoms. The minimum absolute atomic E-state index is 0.118. The number of aliphatic carboxylic acids is 2. The second-order valence-electron chi connectivity index (χ2n) is 16.6. The number of carboxylic acid groups (broad SMARTS) is 2. The van der Waals surface area contributed by atoms with Gasteiger partial charge in [0.2, 0.25) is 59.1 Å². The number of carbonyl (C=O) groups is 12. The number of aliphatic hydroxyl groups excluding tert-OH is 2. The molecule has 28 nitrogen and oxygen atoms in total. The Balaban J connectivity index is 3.93. The Bertz CT molecular complexity index is 1930. The van der Waals surface area contributed by atoms with Gasteiger partial charge in [0.1, 0.15) is 54.4 Å². The average molecular weight is 1070 g/mol. The normalized spacial score (nSPS) is 25.9. The van der Waals surface area contributed by atoms with Gasteiger partial charge in [-0.2, -0.15) is 0 Å². The lowest BCUT2D eigenvalue weighted by molar-refractivity contribution is -0.142. The van der Waals surface area contributed by atoms with Gasteiger partial charge in [-0.05, 0) is 51.0 Å². The van der Waals surface area contributed by atoms with Crippen LogP contribution in [0.2, 0.25) is 0 Å². The van der Waals surface area contributed by atoms with Crippen LogP contribution in [0.1, 0.15) is 72.1 Å². The zero-order valence-corrected chi connectivity index (χ0v) is 42.1. The second kappa shape index (κ2) is 33.1. The summed E-state index contributed by atoms with van der Waals surface area (Å²) in [5.41, 5.74) is 11.2. The topological polar surface area (TPSA) is 463 Å². The van der Waals surface area contributed by atoms with E-state index in [1.54, 1.807) is 13.8 Å². The molecule has 0 radical (unpaired) electrons. The molecule has 0 saturated carbocycles. The molecule has 0 aromatic rings. The molecule has 1 aliphatic heterocycles. The highest BCUT2D eigenvalue weighted by atomic mass is 33.1. The molecule has 0 spiro atoms. The minimum Gasteiger partial charge on any atom is -0.481 e. The summed E-state index contributed by atoms with van der Waals surface area (Å²) >= 11 is 0. The third kappa shape index (κ3) is 24.9. The number of hydrogen-bond acceptors (Lipinski definition) is 18.